The smallest absolute Gasteiger partial charge is 0.0624 e. The Balaban J connectivity index is 1.82. The Morgan fingerprint density at radius 1 is 1.59 bits per heavy atom. The Kier molecular flexibility index (Phi) is 4.48. The molecule has 1 N–H and O–H groups in total. The van der Waals surface area contributed by atoms with Crippen LogP contribution in [0.15, 0.2) is 24.5 Å². The number of nitrogens with zero attached hydrogens (tertiary/aromatic N) is 2. The van der Waals surface area contributed by atoms with Crippen molar-refractivity contribution in [1.82, 2.24) is 9.88 Å². The van der Waals surface area contributed by atoms with E-state index in [9.17, 15) is 5.11 Å². The molecule has 0 aromatic carbocycles. The van der Waals surface area contributed by atoms with Gasteiger partial charge in [0.25, 0.3) is 0 Å². The van der Waals surface area contributed by atoms with Gasteiger partial charge in [0.05, 0.1) is 12.7 Å². The highest BCUT2D eigenvalue weighted by atomic mass is 16.5. The van der Waals surface area contributed by atoms with Crippen LogP contribution in [0.5, 0.6) is 0 Å². The van der Waals surface area contributed by atoms with Crippen LogP contribution in [0.2, 0.25) is 0 Å². The molecular weight excluding hydrogens is 216 g/mol. The summed E-state index contributed by atoms with van der Waals surface area (Å²) in [4.78, 5) is 6.31. The number of rotatable bonds is 4. The number of ether oxygens (including phenoxy) is 1. The zero-order valence-corrected chi connectivity index (χ0v) is 10.2. The molecule has 1 saturated heterocycles. The quantitative estimate of drug-likeness (QED) is 0.844. The minimum Gasteiger partial charge on any atom is -0.393 e. The standard InChI is InChI=1S/C13H20N2O2/c1-15(8-11-3-2-5-14-7-11)9-12-10-17-6-4-13(12)16/h2-3,5,7,12-13,16H,4,6,8-10H2,1H3. The number of pyridine rings is 1. The second-order valence-corrected chi connectivity index (χ2v) is 4.75. The van der Waals surface area contributed by atoms with Crippen molar-refractivity contribution in [3.63, 3.8) is 0 Å². The van der Waals surface area contributed by atoms with Gasteiger partial charge in [-0.05, 0) is 25.1 Å². The normalized spacial score (nSPS) is 25.1. The number of aliphatic hydroxyl groups excluding tert-OH is 1. The third-order valence-electron chi connectivity index (χ3n) is 3.16. The van der Waals surface area contributed by atoms with E-state index in [0.29, 0.717) is 13.2 Å². The summed E-state index contributed by atoms with van der Waals surface area (Å²) in [5, 5.41) is 9.86. The van der Waals surface area contributed by atoms with E-state index in [0.717, 1.165) is 19.5 Å². The molecule has 1 fully saturated rings. The summed E-state index contributed by atoms with van der Waals surface area (Å²) in [7, 11) is 2.06. The van der Waals surface area contributed by atoms with Gasteiger partial charge in [0.15, 0.2) is 0 Å². The van der Waals surface area contributed by atoms with E-state index in [1.54, 1.807) is 6.20 Å². The fourth-order valence-electron chi connectivity index (χ4n) is 2.23. The van der Waals surface area contributed by atoms with E-state index < -0.39 is 0 Å². The molecule has 1 aromatic rings. The molecule has 94 valence electrons. The van der Waals surface area contributed by atoms with Crippen LogP contribution >= 0.6 is 0 Å². The van der Waals surface area contributed by atoms with Gasteiger partial charge in [-0.25, -0.2) is 0 Å². The molecule has 2 heterocycles. The molecular formula is C13H20N2O2. The average Bonchev–Trinajstić information content (AvgIpc) is 2.33. The molecule has 17 heavy (non-hydrogen) atoms. The lowest BCUT2D eigenvalue weighted by Gasteiger charge is -2.31. The highest BCUT2D eigenvalue weighted by Crippen LogP contribution is 2.16. The maximum absolute atomic E-state index is 9.86. The van der Waals surface area contributed by atoms with Crippen molar-refractivity contribution in [2.45, 2.75) is 19.1 Å². The van der Waals surface area contributed by atoms with E-state index in [1.165, 1.54) is 5.56 Å². The van der Waals surface area contributed by atoms with Gasteiger partial charge in [-0.2, -0.15) is 0 Å². The molecule has 2 rings (SSSR count). The van der Waals surface area contributed by atoms with Gasteiger partial charge in [0.2, 0.25) is 0 Å². The lowest BCUT2D eigenvalue weighted by atomic mass is 9.98. The van der Waals surface area contributed by atoms with Crippen LogP contribution in [0, 0.1) is 5.92 Å². The maximum atomic E-state index is 9.86. The molecule has 0 saturated carbocycles. The molecule has 0 radical (unpaired) electrons. The Bertz CT molecular complexity index is 331. The van der Waals surface area contributed by atoms with E-state index >= 15 is 0 Å². The maximum Gasteiger partial charge on any atom is 0.0624 e. The lowest BCUT2D eigenvalue weighted by molar-refractivity contribution is -0.0451. The fourth-order valence-corrected chi connectivity index (χ4v) is 2.23. The molecule has 2 unspecified atom stereocenters. The van der Waals surface area contributed by atoms with Gasteiger partial charge in [-0.1, -0.05) is 6.07 Å². The number of hydrogen-bond acceptors (Lipinski definition) is 4. The second kappa shape index (κ2) is 6.10. The first kappa shape index (κ1) is 12.5. The minimum atomic E-state index is -0.222. The van der Waals surface area contributed by atoms with Gasteiger partial charge >= 0.3 is 0 Å². The molecule has 4 nitrogen and oxygen atoms in total. The van der Waals surface area contributed by atoms with E-state index in [2.05, 4.69) is 23.0 Å². The van der Waals surface area contributed by atoms with Crippen LogP contribution in [-0.2, 0) is 11.3 Å². The van der Waals surface area contributed by atoms with Gasteiger partial charge in [-0.3, -0.25) is 4.98 Å². The Morgan fingerprint density at radius 2 is 2.47 bits per heavy atom. The van der Waals surface area contributed by atoms with Crippen molar-refractivity contribution < 1.29 is 9.84 Å². The number of aromatic nitrogens is 1. The van der Waals surface area contributed by atoms with Crippen LogP contribution in [0.4, 0.5) is 0 Å². The molecule has 1 aliphatic rings. The average molecular weight is 236 g/mol. The predicted octanol–water partition coefficient (Wildman–Crippen LogP) is 0.911. The summed E-state index contributed by atoms with van der Waals surface area (Å²) in [5.41, 5.74) is 1.20. The highest BCUT2D eigenvalue weighted by Gasteiger charge is 2.24. The van der Waals surface area contributed by atoms with Crippen molar-refractivity contribution in [3.05, 3.63) is 30.1 Å². The van der Waals surface area contributed by atoms with E-state index in [4.69, 9.17) is 4.74 Å². The number of hydrogen-bond donors (Lipinski definition) is 1. The van der Waals surface area contributed by atoms with Crippen molar-refractivity contribution in [3.8, 4) is 0 Å². The summed E-state index contributed by atoms with van der Waals surface area (Å²) in [6, 6.07) is 4.01. The van der Waals surface area contributed by atoms with Crippen LogP contribution in [-0.4, -0.2) is 47.9 Å². The monoisotopic (exact) mass is 236 g/mol. The molecule has 0 spiro atoms. The highest BCUT2D eigenvalue weighted by molar-refractivity contribution is 5.07. The first-order chi connectivity index (χ1) is 8.25. The van der Waals surface area contributed by atoms with Crippen LogP contribution < -0.4 is 0 Å². The zero-order valence-electron chi connectivity index (χ0n) is 10.2. The molecule has 2 atom stereocenters. The molecule has 1 aliphatic heterocycles. The predicted molar refractivity (Wildman–Crippen MR) is 65.5 cm³/mol. The molecule has 0 aliphatic carbocycles. The summed E-state index contributed by atoms with van der Waals surface area (Å²) in [6.07, 6.45) is 4.19. The molecule has 4 heteroatoms. The second-order valence-electron chi connectivity index (χ2n) is 4.75. The van der Waals surface area contributed by atoms with Gasteiger partial charge in [0.1, 0.15) is 0 Å². The first-order valence-corrected chi connectivity index (χ1v) is 6.09. The Morgan fingerprint density at radius 3 is 3.18 bits per heavy atom. The Labute approximate surface area is 102 Å². The third kappa shape index (κ3) is 3.77. The summed E-state index contributed by atoms with van der Waals surface area (Å²) >= 11 is 0. The summed E-state index contributed by atoms with van der Waals surface area (Å²) < 4.78 is 5.40. The van der Waals surface area contributed by atoms with E-state index in [-0.39, 0.29) is 12.0 Å². The first-order valence-electron chi connectivity index (χ1n) is 6.09. The largest absolute Gasteiger partial charge is 0.393 e. The number of aliphatic hydroxyl groups is 1. The van der Waals surface area contributed by atoms with Crippen molar-refractivity contribution in [2.24, 2.45) is 5.92 Å². The third-order valence-corrected chi connectivity index (χ3v) is 3.16. The van der Waals surface area contributed by atoms with Crippen molar-refractivity contribution in [2.75, 3.05) is 26.8 Å². The van der Waals surface area contributed by atoms with Gasteiger partial charge in [0, 0.05) is 38.0 Å². The van der Waals surface area contributed by atoms with Gasteiger partial charge in [-0.15, -0.1) is 0 Å². The minimum absolute atomic E-state index is 0.222. The van der Waals surface area contributed by atoms with Crippen molar-refractivity contribution >= 4 is 0 Å². The Hall–Kier alpha value is -0.970. The SMILES string of the molecule is CN(Cc1cccnc1)CC1COCCC1O. The molecule has 0 bridgehead atoms. The summed E-state index contributed by atoms with van der Waals surface area (Å²) in [5.74, 6) is 0.227. The van der Waals surface area contributed by atoms with Crippen LogP contribution in [0.1, 0.15) is 12.0 Å². The fraction of sp³-hybridized carbons (Fsp3) is 0.615. The summed E-state index contributed by atoms with van der Waals surface area (Å²) in [6.45, 7) is 3.07. The molecule has 0 amide bonds. The van der Waals surface area contributed by atoms with Crippen LogP contribution in [0.3, 0.4) is 0 Å². The topological polar surface area (TPSA) is 45.6 Å². The molecule has 1 aromatic heterocycles. The van der Waals surface area contributed by atoms with Gasteiger partial charge < -0.3 is 14.7 Å². The van der Waals surface area contributed by atoms with E-state index in [1.807, 2.05) is 12.3 Å². The van der Waals surface area contributed by atoms with Crippen LogP contribution in [0.25, 0.3) is 0 Å². The zero-order chi connectivity index (χ0) is 12.1. The van der Waals surface area contributed by atoms with Crippen molar-refractivity contribution in [1.29, 1.82) is 0 Å². The lowest BCUT2D eigenvalue weighted by Crippen LogP contribution is -2.39.